The predicted molar refractivity (Wildman–Crippen MR) is 70.3 cm³/mol. The average Bonchev–Trinajstić information content (AvgIpc) is 2.30. The van der Waals surface area contributed by atoms with E-state index < -0.39 is 0 Å². The van der Waals surface area contributed by atoms with Gasteiger partial charge in [-0.2, -0.15) is 0 Å². The zero-order valence-electron chi connectivity index (χ0n) is 8.53. The maximum Gasteiger partial charge on any atom is 0.124 e. The standard InChI is InChI=1S/C11H13ClOS2/c1-13-10-4-3-8(12)7-9(10)11-14-5-2-6-15-11/h3-4,7,11H,2,5-6H2,1H3. The number of rotatable bonds is 2. The Morgan fingerprint density at radius 3 is 2.73 bits per heavy atom. The minimum atomic E-state index is 0.479. The van der Waals surface area contributed by atoms with Gasteiger partial charge in [-0.25, -0.2) is 0 Å². The molecule has 0 N–H and O–H groups in total. The molecule has 1 fully saturated rings. The highest BCUT2D eigenvalue weighted by atomic mass is 35.5. The summed E-state index contributed by atoms with van der Waals surface area (Å²) in [6.45, 7) is 0. The molecule has 0 aromatic heterocycles. The molecule has 0 bridgehead atoms. The molecule has 1 aromatic carbocycles. The van der Waals surface area contributed by atoms with Gasteiger partial charge >= 0.3 is 0 Å². The quantitative estimate of drug-likeness (QED) is 0.788. The second-order valence-electron chi connectivity index (χ2n) is 3.31. The van der Waals surface area contributed by atoms with Crippen LogP contribution in [0.5, 0.6) is 5.75 Å². The van der Waals surface area contributed by atoms with Crippen LogP contribution < -0.4 is 4.74 Å². The molecule has 1 aromatic rings. The first kappa shape index (κ1) is 11.5. The van der Waals surface area contributed by atoms with Crippen molar-refractivity contribution in [1.82, 2.24) is 0 Å². The molecule has 2 rings (SSSR count). The first-order valence-corrected chi connectivity index (χ1v) is 7.35. The zero-order chi connectivity index (χ0) is 10.7. The van der Waals surface area contributed by atoms with Crippen LogP contribution in [-0.2, 0) is 0 Å². The zero-order valence-corrected chi connectivity index (χ0v) is 10.9. The van der Waals surface area contributed by atoms with E-state index in [9.17, 15) is 0 Å². The molecule has 82 valence electrons. The Balaban J connectivity index is 2.27. The van der Waals surface area contributed by atoms with Gasteiger partial charge in [-0.1, -0.05) is 11.6 Å². The topological polar surface area (TPSA) is 9.23 Å². The third-order valence-electron chi connectivity index (χ3n) is 2.27. The van der Waals surface area contributed by atoms with Crippen molar-refractivity contribution >= 4 is 35.1 Å². The molecule has 0 saturated carbocycles. The van der Waals surface area contributed by atoms with E-state index in [-0.39, 0.29) is 0 Å². The van der Waals surface area contributed by atoms with Gasteiger partial charge in [0, 0.05) is 10.6 Å². The van der Waals surface area contributed by atoms with E-state index in [0.29, 0.717) is 4.58 Å². The summed E-state index contributed by atoms with van der Waals surface area (Å²) in [5.41, 5.74) is 1.22. The molecular weight excluding hydrogens is 248 g/mol. The number of thioether (sulfide) groups is 2. The third-order valence-corrected chi connectivity index (χ3v) is 5.49. The second kappa shape index (κ2) is 5.37. The van der Waals surface area contributed by atoms with Crippen molar-refractivity contribution in [3.8, 4) is 5.75 Å². The molecule has 1 heterocycles. The van der Waals surface area contributed by atoms with Crippen molar-refractivity contribution < 1.29 is 4.74 Å². The van der Waals surface area contributed by atoms with Crippen LogP contribution in [0.3, 0.4) is 0 Å². The fraction of sp³-hybridized carbons (Fsp3) is 0.455. The van der Waals surface area contributed by atoms with E-state index in [2.05, 4.69) is 0 Å². The van der Waals surface area contributed by atoms with Crippen molar-refractivity contribution in [3.05, 3.63) is 28.8 Å². The van der Waals surface area contributed by atoms with Crippen LogP contribution in [0.4, 0.5) is 0 Å². The molecule has 1 saturated heterocycles. The summed E-state index contributed by atoms with van der Waals surface area (Å²) in [5.74, 6) is 3.41. The number of hydrogen-bond donors (Lipinski definition) is 0. The summed E-state index contributed by atoms with van der Waals surface area (Å²) in [5, 5.41) is 0.789. The SMILES string of the molecule is COc1ccc(Cl)cc1C1SCCCS1. The molecule has 0 aliphatic carbocycles. The van der Waals surface area contributed by atoms with Crippen LogP contribution in [-0.4, -0.2) is 18.6 Å². The highest BCUT2D eigenvalue weighted by Gasteiger charge is 2.20. The molecule has 4 heteroatoms. The molecule has 0 atom stereocenters. The molecular formula is C11H13ClOS2. The number of benzene rings is 1. The highest BCUT2D eigenvalue weighted by Crippen LogP contribution is 2.47. The highest BCUT2D eigenvalue weighted by molar-refractivity contribution is 8.16. The third kappa shape index (κ3) is 2.77. The van der Waals surface area contributed by atoms with E-state index in [4.69, 9.17) is 16.3 Å². The first-order valence-electron chi connectivity index (χ1n) is 4.88. The van der Waals surface area contributed by atoms with Gasteiger partial charge in [0.15, 0.2) is 0 Å². The fourth-order valence-corrected chi connectivity index (χ4v) is 4.66. The Hall–Kier alpha value is 0.01000. The maximum atomic E-state index is 6.02. The Kier molecular flexibility index (Phi) is 4.12. The van der Waals surface area contributed by atoms with Crippen LogP contribution in [0.15, 0.2) is 18.2 Å². The van der Waals surface area contributed by atoms with Gasteiger partial charge in [0.1, 0.15) is 5.75 Å². The van der Waals surface area contributed by atoms with Crippen molar-refractivity contribution in [3.63, 3.8) is 0 Å². The van der Waals surface area contributed by atoms with E-state index in [1.807, 2.05) is 41.7 Å². The van der Waals surface area contributed by atoms with Crippen molar-refractivity contribution in [2.45, 2.75) is 11.0 Å². The van der Waals surface area contributed by atoms with Crippen molar-refractivity contribution in [1.29, 1.82) is 0 Å². The lowest BCUT2D eigenvalue weighted by Crippen LogP contribution is -2.02. The lowest BCUT2D eigenvalue weighted by Gasteiger charge is -2.23. The van der Waals surface area contributed by atoms with Gasteiger partial charge in [-0.05, 0) is 36.1 Å². The molecule has 0 radical (unpaired) electrons. The largest absolute Gasteiger partial charge is 0.496 e. The van der Waals surface area contributed by atoms with Crippen LogP contribution in [0.1, 0.15) is 16.6 Å². The normalized spacial score (nSPS) is 17.7. The summed E-state index contributed by atoms with van der Waals surface area (Å²) in [6.07, 6.45) is 1.30. The fourth-order valence-electron chi connectivity index (χ4n) is 1.56. The van der Waals surface area contributed by atoms with Crippen LogP contribution in [0, 0.1) is 0 Å². The van der Waals surface area contributed by atoms with Crippen LogP contribution >= 0.6 is 35.1 Å². The smallest absolute Gasteiger partial charge is 0.124 e. The Bertz CT molecular complexity index is 337. The van der Waals surface area contributed by atoms with Gasteiger partial charge in [0.25, 0.3) is 0 Å². The summed E-state index contributed by atoms with van der Waals surface area (Å²) in [4.78, 5) is 0. The molecule has 15 heavy (non-hydrogen) atoms. The maximum absolute atomic E-state index is 6.02. The van der Waals surface area contributed by atoms with Crippen LogP contribution in [0.25, 0.3) is 0 Å². The number of methoxy groups -OCH3 is 1. The summed E-state index contributed by atoms with van der Waals surface area (Å²) in [6, 6.07) is 5.85. The minimum absolute atomic E-state index is 0.479. The monoisotopic (exact) mass is 260 g/mol. The Morgan fingerprint density at radius 1 is 1.33 bits per heavy atom. The van der Waals surface area contributed by atoms with Crippen molar-refractivity contribution in [2.24, 2.45) is 0 Å². The van der Waals surface area contributed by atoms with Crippen LogP contribution in [0.2, 0.25) is 5.02 Å². The summed E-state index contributed by atoms with van der Waals surface area (Å²) < 4.78 is 5.85. The van der Waals surface area contributed by atoms with Gasteiger partial charge in [0.2, 0.25) is 0 Å². The summed E-state index contributed by atoms with van der Waals surface area (Å²) in [7, 11) is 1.71. The van der Waals surface area contributed by atoms with Crippen molar-refractivity contribution in [2.75, 3.05) is 18.6 Å². The lowest BCUT2D eigenvalue weighted by molar-refractivity contribution is 0.411. The molecule has 0 unspecified atom stereocenters. The Labute approximate surface area is 104 Å². The van der Waals surface area contributed by atoms with Gasteiger partial charge < -0.3 is 4.74 Å². The molecule has 1 aliphatic rings. The first-order chi connectivity index (χ1) is 7.31. The average molecular weight is 261 g/mol. The minimum Gasteiger partial charge on any atom is -0.496 e. The van der Waals surface area contributed by atoms with Gasteiger partial charge in [-0.3, -0.25) is 0 Å². The molecule has 0 spiro atoms. The lowest BCUT2D eigenvalue weighted by atomic mass is 10.2. The number of halogens is 1. The van der Waals surface area contributed by atoms with E-state index in [1.165, 1.54) is 23.5 Å². The summed E-state index contributed by atoms with van der Waals surface area (Å²) >= 11 is 9.98. The second-order valence-corrected chi connectivity index (χ2v) is 6.47. The molecule has 1 nitrogen and oxygen atoms in total. The Morgan fingerprint density at radius 2 is 2.07 bits per heavy atom. The van der Waals surface area contributed by atoms with E-state index in [1.54, 1.807) is 7.11 Å². The molecule has 0 amide bonds. The predicted octanol–water partition coefficient (Wildman–Crippen LogP) is 4.22. The van der Waals surface area contributed by atoms with Gasteiger partial charge in [0.05, 0.1) is 11.7 Å². The van der Waals surface area contributed by atoms with E-state index >= 15 is 0 Å². The molecule has 1 aliphatic heterocycles. The van der Waals surface area contributed by atoms with Gasteiger partial charge in [-0.15, -0.1) is 23.5 Å². The van der Waals surface area contributed by atoms with E-state index in [0.717, 1.165) is 10.8 Å². The number of ether oxygens (including phenoxy) is 1. The number of hydrogen-bond acceptors (Lipinski definition) is 3.